The molecule has 0 saturated carbocycles. The summed E-state index contributed by atoms with van der Waals surface area (Å²) < 4.78 is 0. The number of rotatable bonds is 5. The molecule has 0 bridgehead atoms. The van der Waals surface area contributed by atoms with Crippen molar-refractivity contribution in [1.82, 2.24) is 10.2 Å². The van der Waals surface area contributed by atoms with Crippen LogP contribution in [0.25, 0.3) is 0 Å². The first kappa shape index (κ1) is 14.3. The zero-order chi connectivity index (χ0) is 14.5. The summed E-state index contributed by atoms with van der Waals surface area (Å²) in [7, 11) is 0. The number of amides is 1. The Morgan fingerprint density at radius 2 is 2.15 bits per heavy atom. The highest BCUT2D eigenvalue weighted by Crippen LogP contribution is 2.13. The van der Waals surface area contributed by atoms with Gasteiger partial charge in [0.25, 0.3) is 5.91 Å². The van der Waals surface area contributed by atoms with Gasteiger partial charge in [-0.25, -0.2) is 0 Å². The van der Waals surface area contributed by atoms with E-state index >= 15 is 0 Å². The Morgan fingerprint density at radius 3 is 2.85 bits per heavy atom. The second-order valence-corrected chi connectivity index (χ2v) is 5.38. The van der Waals surface area contributed by atoms with E-state index in [2.05, 4.69) is 36.3 Å². The van der Waals surface area contributed by atoms with Crippen LogP contribution in [-0.2, 0) is 12.8 Å². The van der Waals surface area contributed by atoms with Gasteiger partial charge in [-0.05, 0) is 42.5 Å². The van der Waals surface area contributed by atoms with E-state index in [1.165, 1.54) is 5.56 Å². The standard InChI is InChI=1S/C16H21N3O/c1-4-12-6-5-7-13(9-12)17-16(20)15-10-14(18-19-15)8-11(2)3/h5-7,9-11H,4,8H2,1-3H3,(H,17,20)(H,18,19). The van der Waals surface area contributed by atoms with Gasteiger partial charge in [0.2, 0.25) is 0 Å². The lowest BCUT2D eigenvalue weighted by atomic mass is 10.1. The van der Waals surface area contributed by atoms with E-state index in [4.69, 9.17) is 0 Å². The van der Waals surface area contributed by atoms with Crippen LogP contribution in [0.5, 0.6) is 0 Å². The fourth-order valence-corrected chi connectivity index (χ4v) is 2.09. The van der Waals surface area contributed by atoms with E-state index in [1.807, 2.05) is 30.3 Å². The van der Waals surface area contributed by atoms with Crippen molar-refractivity contribution in [3.05, 3.63) is 47.3 Å². The quantitative estimate of drug-likeness (QED) is 0.875. The minimum atomic E-state index is -0.176. The number of aromatic nitrogens is 2. The number of benzene rings is 1. The zero-order valence-corrected chi connectivity index (χ0v) is 12.2. The van der Waals surface area contributed by atoms with E-state index in [1.54, 1.807) is 0 Å². The summed E-state index contributed by atoms with van der Waals surface area (Å²) in [5.74, 6) is 0.358. The van der Waals surface area contributed by atoms with E-state index < -0.39 is 0 Å². The molecule has 1 amide bonds. The molecule has 0 spiro atoms. The van der Waals surface area contributed by atoms with Crippen molar-refractivity contribution < 1.29 is 4.79 Å². The number of nitrogens with zero attached hydrogens (tertiary/aromatic N) is 1. The maximum Gasteiger partial charge on any atom is 0.276 e. The first-order valence-corrected chi connectivity index (χ1v) is 7.03. The molecule has 4 nitrogen and oxygen atoms in total. The molecule has 1 aromatic carbocycles. The highest BCUT2D eigenvalue weighted by Gasteiger charge is 2.11. The van der Waals surface area contributed by atoms with Gasteiger partial charge in [0.15, 0.2) is 5.69 Å². The number of anilines is 1. The van der Waals surface area contributed by atoms with E-state index in [9.17, 15) is 4.79 Å². The molecule has 20 heavy (non-hydrogen) atoms. The van der Waals surface area contributed by atoms with Crippen molar-refractivity contribution in [3.8, 4) is 0 Å². The molecule has 4 heteroatoms. The van der Waals surface area contributed by atoms with Crippen molar-refractivity contribution in [2.75, 3.05) is 5.32 Å². The topological polar surface area (TPSA) is 57.8 Å². The molecule has 2 aromatic rings. The highest BCUT2D eigenvalue weighted by molar-refractivity contribution is 6.02. The number of aromatic amines is 1. The number of hydrogen-bond donors (Lipinski definition) is 2. The molecular formula is C16H21N3O. The fourth-order valence-electron chi connectivity index (χ4n) is 2.09. The molecule has 0 atom stereocenters. The maximum absolute atomic E-state index is 12.1. The maximum atomic E-state index is 12.1. The molecule has 0 saturated heterocycles. The van der Waals surface area contributed by atoms with Crippen LogP contribution in [0.1, 0.15) is 42.5 Å². The third-order valence-corrected chi connectivity index (χ3v) is 3.08. The molecular weight excluding hydrogens is 250 g/mol. The smallest absolute Gasteiger partial charge is 0.276 e. The third kappa shape index (κ3) is 3.70. The van der Waals surface area contributed by atoms with Crippen LogP contribution in [0.4, 0.5) is 5.69 Å². The molecule has 0 aliphatic carbocycles. The predicted octanol–water partition coefficient (Wildman–Crippen LogP) is 3.42. The van der Waals surface area contributed by atoms with Crippen molar-refractivity contribution in [1.29, 1.82) is 0 Å². The number of H-pyrrole nitrogens is 1. The molecule has 0 unspecified atom stereocenters. The lowest BCUT2D eigenvalue weighted by Gasteiger charge is -2.04. The average Bonchev–Trinajstić information content (AvgIpc) is 2.86. The number of aryl methyl sites for hydroxylation is 1. The van der Waals surface area contributed by atoms with Crippen molar-refractivity contribution in [3.63, 3.8) is 0 Å². The Bertz CT molecular complexity index is 587. The average molecular weight is 271 g/mol. The summed E-state index contributed by atoms with van der Waals surface area (Å²) >= 11 is 0. The van der Waals surface area contributed by atoms with Gasteiger partial charge in [0, 0.05) is 11.4 Å². The van der Waals surface area contributed by atoms with Crippen molar-refractivity contribution >= 4 is 11.6 Å². The van der Waals surface area contributed by atoms with Gasteiger partial charge in [-0.3, -0.25) is 9.89 Å². The second-order valence-electron chi connectivity index (χ2n) is 5.38. The van der Waals surface area contributed by atoms with Gasteiger partial charge in [-0.1, -0.05) is 32.9 Å². The summed E-state index contributed by atoms with van der Waals surface area (Å²) in [6.45, 7) is 6.36. The SMILES string of the molecule is CCc1cccc(NC(=O)c2cc(CC(C)C)[nH]n2)c1. The summed E-state index contributed by atoms with van der Waals surface area (Å²) in [6.07, 6.45) is 1.84. The Labute approximate surface area is 119 Å². The number of hydrogen-bond acceptors (Lipinski definition) is 2. The summed E-state index contributed by atoms with van der Waals surface area (Å²) in [5.41, 5.74) is 3.43. The molecule has 1 aromatic heterocycles. The molecule has 1 heterocycles. The van der Waals surface area contributed by atoms with Gasteiger partial charge in [-0.2, -0.15) is 5.10 Å². The normalized spacial score (nSPS) is 10.8. The Hall–Kier alpha value is -2.10. The number of nitrogens with one attached hydrogen (secondary N) is 2. The molecule has 0 fully saturated rings. The first-order valence-electron chi connectivity index (χ1n) is 7.03. The molecule has 0 aliphatic rings. The first-order chi connectivity index (χ1) is 9.58. The van der Waals surface area contributed by atoms with Crippen LogP contribution in [0, 0.1) is 5.92 Å². The highest BCUT2D eigenvalue weighted by atomic mass is 16.1. The summed E-state index contributed by atoms with van der Waals surface area (Å²) in [4.78, 5) is 12.1. The minimum absolute atomic E-state index is 0.176. The summed E-state index contributed by atoms with van der Waals surface area (Å²) in [5, 5.41) is 9.86. The largest absolute Gasteiger partial charge is 0.321 e. The number of carbonyl (C=O) groups excluding carboxylic acids is 1. The predicted molar refractivity (Wildman–Crippen MR) is 80.9 cm³/mol. The summed E-state index contributed by atoms with van der Waals surface area (Å²) in [6, 6.07) is 9.69. The van der Waals surface area contributed by atoms with E-state index in [-0.39, 0.29) is 5.91 Å². The molecule has 0 aliphatic heterocycles. The third-order valence-electron chi connectivity index (χ3n) is 3.08. The van der Waals surface area contributed by atoms with Gasteiger partial charge in [-0.15, -0.1) is 0 Å². The second kappa shape index (κ2) is 6.37. The lowest BCUT2D eigenvalue weighted by Crippen LogP contribution is -2.12. The fraction of sp³-hybridized carbons (Fsp3) is 0.375. The monoisotopic (exact) mass is 271 g/mol. The Balaban J connectivity index is 2.05. The van der Waals surface area contributed by atoms with E-state index in [0.29, 0.717) is 11.6 Å². The Kier molecular flexibility index (Phi) is 4.56. The van der Waals surface area contributed by atoms with Crippen LogP contribution in [0.15, 0.2) is 30.3 Å². The van der Waals surface area contributed by atoms with Crippen molar-refractivity contribution in [2.45, 2.75) is 33.6 Å². The van der Waals surface area contributed by atoms with Crippen LogP contribution >= 0.6 is 0 Å². The molecule has 2 rings (SSSR count). The Morgan fingerprint density at radius 1 is 1.35 bits per heavy atom. The minimum Gasteiger partial charge on any atom is -0.321 e. The van der Waals surface area contributed by atoms with Crippen LogP contribution in [0.2, 0.25) is 0 Å². The van der Waals surface area contributed by atoms with Crippen LogP contribution in [-0.4, -0.2) is 16.1 Å². The zero-order valence-electron chi connectivity index (χ0n) is 12.2. The molecule has 106 valence electrons. The van der Waals surface area contributed by atoms with Crippen molar-refractivity contribution in [2.24, 2.45) is 5.92 Å². The lowest BCUT2D eigenvalue weighted by molar-refractivity contribution is 0.102. The van der Waals surface area contributed by atoms with E-state index in [0.717, 1.165) is 24.2 Å². The van der Waals surface area contributed by atoms with Crippen LogP contribution in [0.3, 0.4) is 0 Å². The van der Waals surface area contributed by atoms with Gasteiger partial charge in [0.1, 0.15) is 0 Å². The van der Waals surface area contributed by atoms with Gasteiger partial charge < -0.3 is 5.32 Å². The van der Waals surface area contributed by atoms with Gasteiger partial charge in [0.05, 0.1) is 0 Å². The van der Waals surface area contributed by atoms with Crippen LogP contribution < -0.4 is 5.32 Å². The molecule has 2 N–H and O–H groups in total. The molecule has 0 radical (unpaired) electrons. The van der Waals surface area contributed by atoms with Gasteiger partial charge >= 0.3 is 0 Å². The number of carbonyl (C=O) groups is 1.